The fourth-order valence-corrected chi connectivity index (χ4v) is 3.62. The van der Waals surface area contributed by atoms with E-state index in [0.717, 1.165) is 28.1 Å². The maximum Gasteiger partial charge on any atom is 0.255 e. The van der Waals surface area contributed by atoms with Gasteiger partial charge in [-0.15, -0.1) is 0 Å². The Kier molecular flexibility index (Phi) is 4.88. The van der Waals surface area contributed by atoms with Crippen molar-refractivity contribution < 1.29 is 14.3 Å². The maximum absolute atomic E-state index is 13.2. The van der Waals surface area contributed by atoms with Crippen LogP contribution in [0.1, 0.15) is 21.5 Å². The van der Waals surface area contributed by atoms with Crippen LogP contribution in [0.2, 0.25) is 0 Å². The molecule has 0 saturated carbocycles. The minimum Gasteiger partial charge on any atom is -0.454 e. The van der Waals surface area contributed by atoms with Gasteiger partial charge in [-0.25, -0.2) is 4.68 Å². The molecular formula is C25H21N3O3. The lowest BCUT2D eigenvalue weighted by Crippen LogP contribution is -2.23. The van der Waals surface area contributed by atoms with Crippen molar-refractivity contribution in [2.75, 3.05) is 6.79 Å². The van der Waals surface area contributed by atoms with Crippen LogP contribution in [0.4, 0.5) is 0 Å². The third-order valence-electron chi connectivity index (χ3n) is 5.27. The maximum atomic E-state index is 13.2. The van der Waals surface area contributed by atoms with Gasteiger partial charge in [-0.2, -0.15) is 5.10 Å². The van der Waals surface area contributed by atoms with Crippen LogP contribution in [0.15, 0.2) is 79.0 Å². The van der Waals surface area contributed by atoms with E-state index >= 15 is 0 Å². The van der Waals surface area contributed by atoms with Crippen molar-refractivity contribution in [3.63, 3.8) is 0 Å². The highest BCUT2D eigenvalue weighted by Gasteiger charge is 2.20. The van der Waals surface area contributed by atoms with Gasteiger partial charge in [0.1, 0.15) is 5.69 Å². The Bertz CT molecular complexity index is 1250. The van der Waals surface area contributed by atoms with Gasteiger partial charge in [0.05, 0.1) is 11.3 Å². The molecule has 4 aromatic rings. The van der Waals surface area contributed by atoms with E-state index in [1.54, 1.807) is 10.9 Å². The number of nitrogens with one attached hydrogen (secondary N) is 1. The number of amides is 1. The van der Waals surface area contributed by atoms with E-state index in [-0.39, 0.29) is 12.7 Å². The van der Waals surface area contributed by atoms with Gasteiger partial charge in [-0.1, -0.05) is 48.5 Å². The van der Waals surface area contributed by atoms with Crippen LogP contribution in [0, 0.1) is 6.92 Å². The number of fused-ring (bicyclic) bond motifs is 1. The van der Waals surface area contributed by atoms with Crippen LogP contribution < -0.4 is 14.8 Å². The molecule has 0 aliphatic carbocycles. The van der Waals surface area contributed by atoms with Crippen LogP contribution in [0.3, 0.4) is 0 Å². The minimum atomic E-state index is -0.182. The molecule has 3 aromatic carbocycles. The molecule has 5 rings (SSSR count). The first-order valence-corrected chi connectivity index (χ1v) is 10.1. The van der Waals surface area contributed by atoms with Gasteiger partial charge in [0.2, 0.25) is 6.79 Å². The summed E-state index contributed by atoms with van der Waals surface area (Å²) in [7, 11) is 0. The molecular weight excluding hydrogens is 390 g/mol. The second kappa shape index (κ2) is 7.99. The molecule has 0 unspecified atom stereocenters. The van der Waals surface area contributed by atoms with E-state index < -0.39 is 0 Å². The van der Waals surface area contributed by atoms with Crippen LogP contribution in [-0.2, 0) is 6.54 Å². The van der Waals surface area contributed by atoms with Gasteiger partial charge < -0.3 is 14.8 Å². The zero-order chi connectivity index (χ0) is 21.2. The molecule has 31 heavy (non-hydrogen) atoms. The summed E-state index contributed by atoms with van der Waals surface area (Å²) in [6, 6.07) is 23.4. The Morgan fingerprint density at radius 3 is 2.61 bits per heavy atom. The summed E-state index contributed by atoms with van der Waals surface area (Å²) in [6.45, 7) is 2.62. The first-order valence-electron chi connectivity index (χ1n) is 10.1. The SMILES string of the molecule is Cc1ccccc1-c1nn(-c2ccccc2)cc1C(=O)NCc1ccc2c(c1)OCO2. The number of aromatic nitrogens is 2. The lowest BCUT2D eigenvalue weighted by molar-refractivity contribution is 0.0951. The summed E-state index contributed by atoms with van der Waals surface area (Å²) in [5, 5.41) is 7.77. The summed E-state index contributed by atoms with van der Waals surface area (Å²) in [5.41, 5.74) is 5.01. The highest BCUT2D eigenvalue weighted by molar-refractivity contribution is 6.00. The highest BCUT2D eigenvalue weighted by atomic mass is 16.7. The Hall–Kier alpha value is -4.06. The number of hydrogen-bond donors (Lipinski definition) is 1. The van der Waals surface area contributed by atoms with E-state index in [4.69, 9.17) is 14.6 Å². The van der Waals surface area contributed by atoms with Gasteiger partial charge in [0.25, 0.3) is 5.91 Å². The van der Waals surface area contributed by atoms with Crippen molar-refractivity contribution in [3.8, 4) is 28.4 Å². The van der Waals surface area contributed by atoms with Gasteiger partial charge in [-0.3, -0.25) is 4.79 Å². The van der Waals surface area contributed by atoms with Gasteiger partial charge >= 0.3 is 0 Å². The largest absolute Gasteiger partial charge is 0.454 e. The molecule has 0 saturated heterocycles. The number of hydrogen-bond acceptors (Lipinski definition) is 4. The minimum absolute atomic E-state index is 0.182. The Balaban J connectivity index is 1.46. The molecule has 0 spiro atoms. The molecule has 0 fully saturated rings. The number of nitrogens with zero attached hydrogens (tertiary/aromatic N) is 2. The predicted octanol–water partition coefficient (Wildman–Crippen LogP) is 4.51. The smallest absolute Gasteiger partial charge is 0.255 e. The predicted molar refractivity (Wildman–Crippen MR) is 117 cm³/mol. The lowest BCUT2D eigenvalue weighted by Gasteiger charge is -2.08. The van der Waals surface area contributed by atoms with Crippen molar-refractivity contribution in [1.82, 2.24) is 15.1 Å². The van der Waals surface area contributed by atoms with Gasteiger partial charge in [0.15, 0.2) is 11.5 Å². The van der Waals surface area contributed by atoms with Crippen molar-refractivity contribution in [3.05, 3.63) is 95.7 Å². The van der Waals surface area contributed by atoms with Crippen molar-refractivity contribution >= 4 is 5.91 Å². The third-order valence-corrected chi connectivity index (χ3v) is 5.27. The number of carbonyl (C=O) groups is 1. The molecule has 6 heteroatoms. The molecule has 1 N–H and O–H groups in total. The van der Waals surface area contributed by atoms with Crippen molar-refractivity contribution in [1.29, 1.82) is 0 Å². The molecule has 2 heterocycles. The molecule has 1 aromatic heterocycles. The topological polar surface area (TPSA) is 65.4 Å². The lowest BCUT2D eigenvalue weighted by atomic mass is 10.0. The second-order valence-corrected chi connectivity index (χ2v) is 7.36. The molecule has 6 nitrogen and oxygen atoms in total. The fourth-order valence-electron chi connectivity index (χ4n) is 3.62. The molecule has 0 radical (unpaired) electrons. The summed E-state index contributed by atoms with van der Waals surface area (Å²) in [4.78, 5) is 13.2. The zero-order valence-corrected chi connectivity index (χ0v) is 17.0. The number of para-hydroxylation sites is 1. The number of ether oxygens (including phenoxy) is 2. The average Bonchev–Trinajstić information content (AvgIpc) is 3.45. The van der Waals surface area contributed by atoms with Crippen LogP contribution in [-0.4, -0.2) is 22.5 Å². The summed E-state index contributed by atoms with van der Waals surface area (Å²) in [5.74, 6) is 1.24. The molecule has 1 aliphatic heterocycles. The fraction of sp³-hybridized carbons (Fsp3) is 0.120. The van der Waals surface area contributed by atoms with Crippen LogP contribution in [0.5, 0.6) is 11.5 Å². The van der Waals surface area contributed by atoms with Crippen molar-refractivity contribution in [2.24, 2.45) is 0 Å². The summed E-state index contributed by atoms with van der Waals surface area (Å²) < 4.78 is 12.5. The molecule has 1 aliphatic rings. The van der Waals surface area contributed by atoms with E-state index in [0.29, 0.717) is 23.6 Å². The summed E-state index contributed by atoms with van der Waals surface area (Å²) in [6.07, 6.45) is 1.78. The third kappa shape index (κ3) is 3.75. The highest BCUT2D eigenvalue weighted by Crippen LogP contribution is 2.32. The van der Waals surface area contributed by atoms with Crippen molar-refractivity contribution in [2.45, 2.75) is 13.5 Å². The number of benzene rings is 3. The first kappa shape index (κ1) is 18.9. The monoisotopic (exact) mass is 411 g/mol. The van der Waals surface area contributed by atoms with Crippen LogP contribution in [0.25, 0.3) is 16.9 Å². The molecule has 0 bridgehead atoms. The first-order chi connectivity index (χ1) is 15.2. The molecule has 1 amide bonds. The van der Waals surface area contributed by atoms with E-state index in [1.807, 2.05) is 79.7 Å². The Morgan fingerprint density at radius 1 is 1.00 bits per heavy atom. The van der Waals surface area contributed by atoms with E-state index in [9.17, 15) is 4.79 Å². The van der Waals surface area contributed by atoms with Gasteiger partial charge in [0, 0.05) is 18.3 Å². The zero-order valence-electron chi connectivity index (χ0n) is 17.0. The van der Waals surface area contributed by atoms with E-state index in [1.165, 1.54) is 0 Å². The second-order valence-electron chi connectivity index (χ2n) is 7.36. The molecule has 0 atom stereocenters. The number of aryl methyl sites for hydroxylation is 1. The van der Waals surface area contributed by atoms with Gasteiger partial charge in [-0.05, 0) is 42.3 Å². The van der Waals surface area contributed by atoms with E-state index in [2.05, 4.69) is 5.32 Å². The number of carbonyl (C=O) groups excluding carboxylic acids is 1. The summed E-state index contributed by atoms with van der Waals surface area (Å²) >= 11 is 0. The Morgan fingerprint density at radius 2 is 1.77 bits per heavy atom. The number of rotatable bonds is 5. The normalized spacial score (nSPS) is 12.0. The Labute approximate surface area is 180 Å². The quantitative estimate of drug-likeness (QED) is 0.525. The van der Waals surface area contributed by atoms with Crippen LogP contribution >= 0.6 is 0 Å². The average molecular weight is 411 g/mol. The standard InChI is InChI=1S/C25H21N3O3/c1-17-7-5-6-10-20(17)24-21(15-28(27-24)19-8-3-2-4-9-19)25(29)26-14-18-11-12-22-23(13-18)31-16-30-22/h2-13,15H,14,16H2,1H3,(H,26,29). The molecule has 154 valence electrons.